The molecule has 4 aromatic rings. The summed E-state index contributed by atoms with van der Waals surface area (Å²) in [7, 11) is 3.18. The molecule has 11 nitrogen and oxygen atoms in total. The van der Waals surface area contributed by atoms with E-state index in [1.54, 1.807) is 20.4 Å². The van der Waals surface area contributed by atoms with Crippen LogP contribution in [0, 0.1) is 0 Å². The quantitative estimate of drug-likeness (QED) is 0.283. The fourth-order valence-corrected chi connectivity index (χ4v) is 4.80. The van der Waals surface area contributed by atoms with E-state index in [4.69, 9.17) is 24.9 Å². The summed E-state index contributed by atoms with van der Waals surface area (Å²) in [5.41, 5.74) is 9.08. The highest BCUT2D eigenvalue weighted by atomic mass is 16.5. The Balaban J connectivity index is 1.30. The molecule has 1 aliphatic heterocycles. The molecule has 0 aliphatic carbocycles. The highest BCUT2D eigenvalue weighted by Gasteiger charge is 2.25. The normalized spacial score (nSPS) is 13.3. The Bertz CT molecular complexity index is 1510. The number of nitrogens with two attached hydrogens (primary N) is 1. The molecule has 0 radical (unpaired) electrons. The highest BCUT2D eigenvalue weighted by molar-refractivity contribution is 5.94. The third-order valence-corrected chi connectivity index (χ3v) is 7.07. The molecule has 41 heavy (non-hydrogen) atoms. The number of hydrogen-bond donors (Lipinski definition) is 1. The Labute approximate surface area is 239 Å². The van der Waals surface area contributed by atoms with Crippen molar-refractivity contribution in [1.29, 1.82) is 0 Å². The second-order valence-corrected chi connectivity index (χ2v) is 9.76. The Kier molecular flexibility index (Phi) is 8.61. The van der Waals surface area contributed by atoms with Crippen LogP contribution in [0.1, 0.15) is 36.5 Å². The molecule has 2 aromatic heterocycles. The maximum Gasteiger partial charge on any atom is 0.253 e. The van der Waals surface area contributed by atoms with Gasteiger partial charge in [0.25, 0.3) is 5.91 Å². The summed E-state index contributed by atoms with van der Waals surface area (Å²) in [6.45, 7) is 5.05. The lowest BCUT2D eigenvalue weighted by Crippen LogP contribution is -2.49. The molecule has 0 bridgehead atoms. The third-order valence-electron chi connectivity index (χ3n) is 7.07. The summed E-state index contributed by atoms with van der Waals surface area (Å²) in [5.74, 6) is 2.71. The predicted molar refractivity (Wildman–Crippen MR) is 158 cm³/mol. The number of benzene rings is 2. The number of fused-ring (bicyclic) bond motifs is 1. The number of amides is 1. The highest BCUT2D eigenvalue weighted by Crippen LogP contribution is 2.33. The zero-order valence-corrected chi connectivity index (χ0v) is 23.7. The predicted octanol–water partition coefficient (Wildman–Crippen LogP) is 4.22. The number of unbranched alkanes of at least 4 members (excludes halogenated alkanes) is 2. The second-order valence-electron chi connectivity index (χ2n) is 9.76. The van der Waals surface area contributed by atoms with E-state index in [9.17, 15) is 4.79 Å². The topological polar surface area (TPSA) is 129 Å². The first-order chi connectivity index (χ1) is 20.0. The molecule has 2 aromatic carbocycles. The molecule has 3 heterocycles. The Morgan fingerprint density at radius 2 is 1.68 bits per heavy atom. The van der Waals surface area contributed by atoms with Gasteiger partial charge in [-0.05, 0) is 48.9 Å². The minimum absolute atomic E-state index is 0.00947. The van der Waals surface area contributed by atoms with Crippen LogP contribution in [0.4, 0.5) is 11.8 Å². The van der Waals surface area contributed by atoms with Crippen molar-refractivity contribution in [1.82, 2.24) is 24.8 Å². The number of carbonyl (C=O) groups is 1. The van der Waals surface area contributed by atoms with Crippen molar-refractivity contribution < 1.29 is 19.0 Å². The van der Waals surface area contributed by atoms with Crippen LogP contribution in [0.25, 0.3) is 22.4 Å². The van der Waals surface area contributed by atoms with E-state index in [2.05, 4.69) is 26.8 Å². The van der Waals surface area contributed by atoms with E-state index in [1.807, 2.05) is 47.4 Å². The monoisotopic (exact) mass is 557 g/mol. The van der Waals surface area contributed by atoms with Gasteiger partial charge in [-0.1, -0.05) is 19.8 Å². The van der Waals surface area contributed by atoms with Crippen molar-refractivity contribution >= 4 is 28.8 Å². The van der Waals surface area contributed by atoms with Gasteiger partial charge in [-0.25, -0.2) is 9.97 Å². The average molecular weight is 558 g/mol. The van der Waals surface area contributed by atoms with E-state index in [-0.39, 0.29) is 11.9 Å². The smallest absolute Gasteiger partial charge is 0.253 e. The van der Waals surface area contributed by atoms with Gasteiger partial charge in [-0.2, -0.15) is 9.97 Å². The van der Waals surface area contributed by atoms with Gasteiger partial charge in [0.1, 0.15) is 5.75 Å². The van der Waals surface area contributed by atoms with Crippen LogP contribution < -0.4 is 24.8 Å². The summed E-state index contributed by atoms with van der Waals surface area (Å²) in [5, 5.41) is 0. The van der Waals surface area contributed by atoms with Crippen molar-refractivity contribution in [3.05, 3.63) is 54.2 Å². The van der Waals surface area contributed by atoms with Crippen molar-refractivity contribution in [2.45, 2.75) is 26.2 Å². The number of rotatable bonds is 10. The fourth-order valence-electron chi connectivity index (χ4n) is 4.80. The number of nitrogens with zero attached hydrogens (tertiary/aromatic N) is 6. The lowest BCUT2D eigenvalue weighted by molar-refractivity contribution is 0.0746. The Morgan fingerprint density at radius 1 is 0.927 bits per heavy atom. The molecule has 5 rings (SSSR count). The van der Waals surface area contributed by atoms with E-state index in [0.717, 1.165) is 30.6 Å². The zero-order valence-electron chi connectivity index (χ0n) is 23.7. The molecule has 0 atom stereocenters. The summed E-state index contributed by atoms with van der Waals surface area (Å²) in [6.07, 6.45) is 4.97. The first-order valence-corrected chi connectivity index (χ1v) is 13.8. The number of ether oxygens (including phenoxy) is 3. The molecular weight excluding hydrogens is 522 g/mol. The number of nitrogen functional groups attached to an aromatic ring is 1. The number of hydrogen-bond acceptors (Lipinski definition) is 10. The van der Waals surface area contributed by atoms with Gasteiger partial charge >= 0.3 is 0 Å². The molecule has 1 saturated heterocycles. The first-order valence-electron chi connectivity index (χ1n) is 13.8. The van der Waals surface area contributed by atoms with E-state index in [1.165, 1.54) is 0 Å². The van der Waals surface area contributed by atoms with Crippen LogP contribution in [0.2, 0.25) is 0 Å². The third kappa shape index (κ3) is 6.24. The average Bonchev–Trinajstić information content (AvgIpc) is 3.02. The van der Waals surface area contributed by atoms with Crippen molar-refractivity contribution in [3.8, 4) is 28.5 Å². The lowest BCUT2D eigenvalue weighted by atomic mass is 10.1. The number of piperazine rings is 1. The van der Waals surface area contributed by atoms with Crippen LogP contribution in [-0.2, 0) is 0 Å². The number of anilines is 2. The standard InChI is InChI=1S/C30H35N7O4/c1-4-5-6-17-41-22-10-7-20(8-11-22)29(38)37-15-13-36(14-16-37)28-26-27(34-30(31)35-28)32-19-23(33-26)21-9-12-24(39-2)25(18-21)40-3/h7-12,18-19H,4-6,13-17H2,1-3H3,(H2,31,32,34,35). The molecule has 0 unspecified atom stereocenters. The van der Waals surface area contributed by atoms with Crippen molar-refractivity contribution in [3.63, 3.8) is 0 Å². The Morgan fingerprint density at radius 3 is 2.39 bits per heavy atom. The maximum absolute atomic E-state index is 13.2. The van der Waals surface area contributed by atoms with Gasteiger partial charge in [0.2, 0.25) is 5.95 Å². The van der Waals surface area contributed by atoms with Crippen LogP contribution >= 0.6 is 0 Å². The summed E-state index contributed by atoms with van der Waals surface area (Å²) >= 11 is 0. The lowest BCUT2D eigenvalue weighted by Gasteiger charge is -2.35. The minimum atomic E-state index is -0.00947. The Hall–Kier alpha value is -4.67. The summed E-state index contributed by atoms with van der Waals surface area (Å²) in [6, 6.07) is 12.9. The molecule has 1 amide bonds. The molecule has 0 saturated carbocycles. The fraction of sp³-hybridized carbons (Fsp3) is 0.367. The van der Waals surface area contributed by atoms with E-state index < -0.39 is 0 Å². The molecule has 11 heteroatoms. The minimum Gasteiger partial charge on any atom is -0.494 e. The first kappa shape index (κ1) is 27.9. The van der Waals surface area contributed by atoms with E-state index in [0.29, 0.717) is 72.5 Å². The maximum atomic E-state index is 13.2. The number of methoxy groups -OCH3 is 2. The van der Waals surface area contributed by atoms with Crippen LogP contribution in [0.3, 0.4) is 0 Å². The SMILES string of the molecule is CCCCCOc1ccc(C(=O)N2CCN(c3nc(N)nc4ncc(-c5ccc(OC)c(OC)c5)nc34)CC2)cc1. The second kappa shape index (κ2) is 12.7. The number of aromatic nitrogens is 4. The molecule has 2 N–H and O–H groups in total. The van der Waals surface area contributed by atoms with Gasteiger partial charge in [-0.15, -0.1) is 0 Å². The molecule has 1 aliphatic rings. The van der Waals surface area contributed by atoms with Crippen molar-refractivity contribution in [2.75, 3.05) is 57.6 Å². The van der Waals surface area contributed by atoms with Crippen LogP contribution in [0.5, 0.6) is 17.2 Å². The van der Waals surface area contributed by atoms with E-state index >= 15 is 0 Å². The molecule has 214 valence electrons. The molecule has 1 fully saturated rings. The summed E-state index contributed by atoms with van der Waals surface area (Å²) < 4.78 is 16.6. The van der Waals surface area contributed by atoms with Gasteiger partial charge in [-0.3, -0.25) is 4.79 Å². The van der Waals surface area contributed by atoms with Gasteiger partial charge in [0.05, 0.1) is 32.7 Å². The van der Waals surface area contributed by atoms with Gasteiger partial charge in [0.15, 0.2) is 28.5 Å². The molecular formula is C30H35N7O4. The van der Waals surface area contributed by atoms with Crippen LogP contribution in [0.15, 0.2) is 48.7 Å². The van der Waals surface area contributed by atoms with Crippen molar-refractivity contribution in [2.24, 2.45) is 0 Å². The summed E-state index contributed by atoms with van der Waals surface area (Å²) in [4.78, 5) is 35.3. The number of carbonyl (C=O) groups excluding carboxylic acids is 1. The zero-order chi connectivity index (χ0) is 28.8. The molecule has 0 spiro atoms. The van der Waals surface area contributed by atoms with Gasteiger partial charge < -0.3 is 29.7 Å². The largest absolute Gasteiger partial charge is 0.494 e. The van der Waals surface area contributed by atoms with Gasteiger partial charge in [0, 0.05) is 37.3 Å². The van der Waals surface area contributed by atoms with Crippen LogP contribution in [-0.4, -0.2) is 77.7 Å².